The van der Waals surface area contributed by atoms with Crippen molar-refractivity contribution < 1.29 is 13.9 Å². The molecule has 0 aliphatic carbocycles. The highest BCUT2D eigenvalue weighted by Gasteiger charge is 2.16. The van der Waals surface area contributed by atoms with Gasteiger partial charge in [0.15, 0.2) is 0 Å². The lowest BCUT2D eigenvalue weighted by Crippen LogP contribution is -2.31. The molecule has 20 heavy (non-hydrogen) atoms. The van der Waals surface area contributed by atoms with Crippen molar-refractivity contribution in [2.24, 2.45) is 0 Å². The Balaban J connectivity index is 1.81. The number of carbonyl (C=O) groups is 1. The number of likely N-dealkylation sites (N-methyl/N-ethyl adjacent to an activating group) is 1. The van der Waals surface area contributed by atoms with Gasteiger partial charge in [0.25, 0.3) is 5.91 Å². The second kappa shape index (κ2) is 6.14. The summed E-state index contributed by atoms with van der Waals surface area (Å²) in [4.78, 5) is 17.4. The van der Waals surface area contributed by atoms with E-state index in [9.17, 15) is 9.18 Å². The van der Waals surface area contributed by atoms with E-state index in [1.54, 1.807) is 14.0 Å². The Hall–Kier alpha value is -2.44. The summed E-state index contributed by atoms with van der Waals surface area (Å²) in [5.74, 6) is 0.679. The molecular weight excluding hydrogens is 263 g/mol. The van der Waals surface area contributed by atoms with E-state index in [2.05, 4.69) is 15.2 Å². The first-order valence-corrected chi connectivity index (χ1v) is 6.09. The molecule has 0 bridgehead atoms. The number of halogens is 1. The number of nitrogens with zero attached hydrogens (tertiary/aromatic N) is 3. The van der Waals surface area contributed by atoms with Crippen LogP contribution in [0.15, 0.2) is 24.3 Å². The zero-order valence-electron chi connectivity index (χ0n) is 11.3. The van der Waals surface area contributed by atoms with E-state index in [1.807, 2.05) is 0 Å². The van der Waals surface area contributed by atoms with Gasteiger partial charge in [0.2, 0.25) is 5.82 Å². The fraction of sp³-hybridized carbons (Fsp3) is 0.308. The van der Waals surface area contributed by atoms with E-state index in [1.165, 1.54) is 29.2 Å². The number of nitrogens with one attached hydrogen (secondary N) is 1. The Bertz CT molecular complexity index is 582. The molecule has 0 saturated heterocycles. The first-order valence-electron chi connectivity index (χ1n) is 6.09. The lowest BCUT2D eigenvalue weighted by molar-refractivity contribution is 0.0762. The maximum absolute atomic E-state index is 12.7. The normalized spacial score (nSPS) is 10.3. The standard InChI is InChI=1S/C13H15FN4O2/c1-9-15-12(17-16-9)13(19)18(2)7-8-20-11-5-3-10(14)4-6-11/h3-6H,7-8H2,1-2H3,(H,15,16,17). The molecule has 1 heterocycles. The van der Waals surface area contributed by atoms with Gasteiger partial charge in [-0.2, -0.15) is 0 Å². The molecule has 0 unspecified atom stereocenters. The van der Waals surface area contributed by atoms with Crippen LogP contribution in [0.2, 0.25) is 0 Å². The van der Waals surface area contributed by atoms with Crippen LogP contribution >= 0.6 is 0 Å². The molecule has 0 fully saturated rings. The van der Waals surface area contributed by atoms with Crippen LogP contribution in [0.1, 0.15) is 16.4 Å². The summed E-state index contributed by atoms with van der Waals surface area (Å²) in [5.41, 5.74) is 0. The van der Waals surface area contributed by atoms with Crippen LogP contribution in [0.5, 0.6) is 5.75 Å². The fourth-order valence-electron chi connectivity index (χ4n) is 1.54. The van der Waals surface area contributed by atoms with Gasteiger partial charge in [-0.1, -0.05) is 0 Å². The van der Waals surface area contributed by atoms with E-state index in [0.717, 1.165) is 0 Å². The monoisotopic (exact) mass is 278 g/mol. The number of amides is 1. The van der Waals surface area contributed by atoms with Gasteiger partial charge in [-0.15, -0.1) is 5.10 Å². The average Bonchev–Trinajstić information content (AvgIpc) is 2.86. The minimum atomic E-state index is -0.315. The molecule has 0 radical (unpaired) electrons. The van der Waals surface area contributed by atoms with Crippen LogP contribution in [-0.2, 0) is 0 Å². The van der Waals surface area contributed by atoms with Crippen LogP contribution in [0, 0.1) is 12.7 Å². The molecule has 6 nitrogen and oxygen atoms in total. The predicted molar refractivity (Wildman–Crippen MR) is 70.0 cm³/mol. The maximum Gasteiger partial charge on any atom is 0.293 e. The lowest BCUT2D eigenvalue weighted by atomic mass is 10.3. The van der Waals surface area contributed by atoms with Crippen molar-refractivity contribution in [2.75, 3.05) is 20.2 Å². The number of ether oxygens (including phenoxy) is 1. The van der Waals surface area contributed by atoms with Crippen molar-refractivity contribution in [2.45, 2.75) is 6.92 Å². The first kappa shape index (κ1) is 14.0. The fourth-order valence-corrected chi connectivity index (χ4v) is 1.54. The summed E-state index contributed by atoms with van der Waals surface area (Å²) in [6.45, 7) is 2.41. The second-order valence-electron chi connectivity index (χ2n) is 4.27. The molecular formula is C13H15FN4O2. The van der Waals surface area contributed by atoms with Gasteiger partial charge in [0, 0.05) is 7.05 Å². The van der Waals surface area contributed by atoms with E-state index in [0.29, 0.717) is 24.7 Å². The molecule has 2 aromatic rings. The van der Waals surface area contributed by atoms with Crippen molar-refractivity contribution in [3.8, 4) is 5.75 Å². The van der Waals surface area contributed by atoms with Gasteiger partial charge in [-0.25, -0.2) is 9.37 Å². The zero-order chi connectivity index (χ0) is 14.5. The molecule has 7 heteroatoms. The molecule has 0 spiro atoms. The van der Waals surface area contributed by atoms with Gasteiger partial charge in [0.05, 0.1) is 6.54 Å². The first-order chi connectivity index (χ1) is 9.56. The molecule has 1 amide bonds. The van der Waals surface area contributed by atoms with Gasteiger partial charge in [-0.05, 0) is 31.2 Å². The van der Waals surface area contributed by atoms with Crippen molar-refractivity contribution in [3.05, 3.63) is 41.7 Å². The Labute approximate surface area is 115 Å². The highest BCUT2D eigenvalue weighted by Crippen LogP contribution is 2.10. The largest absolute Gasteiger partial charge is 0.492 e. The van der Waals surface area contributed by atoms with Gasteiger partial charge in [-0.3, -0.25) is 9.89 Å². The number of carbonyl (C=O) groups excluding carboxylic acids is 1. The quantitative estimate of drug-likeness (QED) is 0.897. The number of hydrogen-bond acceptors (Lipinski definition) is 4. The predicted octanol–water partition coefficient (Wildman–Crippen LogP) is 1.40. The topological polar surface area (TPSA) is 71.1 Å². The average molecular weight is 278 g/mol. The number of H-pyrrole nitrogens is 1. The lowest BCUT2D eigenvalue weighted by Gasteiger charge is -2.15. The minimum absolute atomic E-state index is 0.131. The van der Waals surface area contributed by atoms with E-state index in [-0.39, 0.29) is 17.5 Å². The highest BCUT2D eigenvalue weighted by atomic mass is 19.1. The highest BCUT2D eigenvalue weighted by molar-refractivity contribution is 5.90. The molecule has 0 aliphatic heterocycles. The van der Waals surface area contributed by atoms with Gasteiger partial charge >= 0.3 is 0 Å². The van der Waals surface area contributed by atoms with Crippen molar-refractivity contribution in [1.82, 2.24) is 20.1 Å². The SMILES string of the molecule is Cc1nc(C(=O)N(C)CCOc2ccc(F)cc2)n[nH]1. The van der Waals surface area contributed by atoms with Crippen LogP contribution < -0.4 is 4.74 Å². The van der Waals surface area contributed by atoms with Crippen LogP contribution in [0.3, 0.4) is 0 Å². The minimum Gasteiger partial charge on any atom is -0.492 e. The van der Waals surface area contributed by atoms with E-state index >= 15 is 0 Å². The van der Waals surface area contributed by atoms with Gasteiger partial charge in [0.1, 0.15) is 24.0 Å². The Morgan fingerprint density at radius 1 is 1.40 bits per heavy atom. The molecule has 2 rings (SSSR count). The summed E-state index contributed by atoms with van der Waals surface area (Å²) >= 11 is 0. The number of rotatable bonds is 5. The molecule has 1 aromatic heterocycles. The van der Waals surface area contributed by atoms with Crippen molar-refractivity contribution in [1.29, 1.82) is 0 Å². The molecule has 1 aromatic carbocycles. The Morgan fingerprint density at radius 3 is 2.70 bits per heavy atom. The smallest absolute Gasteiger partial charge is 0.293 e. The van der Waals surface area contributed by atoms with Crippen LogP contribution in [-0.4, -0.2) is 46.2 Å². The molecule has 106 valence electrons. The maximum atomic E-state index is 12.7. The third kappa shape index (κ3) is 3.53. The number of benzene rings is 1. The second-order valence-corrected chi connectivity index (χ2v) is 4.27. The van der Waals surface area contributed by atoms with Crippen molar-refractivity contribution >= 4 is 5.91 Å². The molecule has 0 saturated carbocycles. The third-order valence-electron chi connectivity index (χ3n) is 2.64. The summed E-state index contributed by atoms with van der Waals surface area (Å²) in [5, 5.41) is 6.42. The van der Waals surface area contributed by atoms with Crippen LogP contribution in [0.4, 0.5) is 4.39 Å². The van der Waals surface area contributed by atoms with E-state index < -0.39 is 0 Å². The number of aromatic nitrogens is 3. The molecule has 1 N–H and O–H groups in total. The van der Waals surface area contributed by atoms with Crippen LogP contribution in [0.25, 0.3) is 0 Å². The number of aryl methyl sites for hydroxylation is 1. The summed E-state index contributed by atoms with van der Waals surface area (Å²) < 4.78 is 18.1. The number of aromatic amines is 1. The van der Waals surface area contributed by atoms with Gasteiger partial charge < -0.3 is 9.64 Å². The van der Waals surface area contributed by atoms with Crippen molar-refractivity contribution in [3.63, 3.8) is 0 Å². The third-order valence-corrected chi connectivity index (χ3v) is 2.64. The molecule has 0 atom stereocenters. The number of hydrogen-bond donors (Lipinski definition) is 1. The summed E-state index contributed by atoms with van der Waals surface area (Å²) in [6, 6.07) is 5.72. The summed E-state index contributed by atoms with van der Waals surface area (Å²) in [6.07, 6.45) is 0. The summed E-state index contributed by atoms with van der Waals surface area (Å²) in [7, 11) is 1.64. The zero-order valence-corrected chi connectivity index (χ0v) is 11.3. The molecule has 0 aliphatic rings. The van der Waals surface area contributed by atoms with E-state index in [4.69, 9.17) is 4.74 Å². The Morgan fingerprint density at radius 2 is 2.10 bits per heavy atom. The Kier molecular flexibility index (Phi) is 4.29.